The molecule has 0 saturated heterocycles. The van der Waals surface area contributed by atoms with E-state index in [-0.39, 0.29) is 23.8 Å². The second-order valence-electron chi connectivity index (χ2n) is 11.0. The molecule has 0 heterocycles. The highest BCUT2D eigenvalue weighted by atomic mass is 16.5. The van der Waals surface area contributed by atoms with Gasteiger partial charge in [-0.05, 0) is 25.7 Å². The van der Waals surface area contributed by atoms with E-state index in [2.05, 4.69) is 20.8 Å². The molecular weight excluding hydrogens is 432 g/mol. The Hall–Kier alpha value is -0.860. The molecule has 0 N–H and O–H groups in total. The summed E-state index contributed by atoms with van der Waals surface area (Å²) < 4.78 is 5.82. The van der Waals surface area contributed by atoms with Gasteiger partial charge in [-0.3, -0.25) is 9.59 Å². The van der Waals surface area contributed by atoms with Crippen LogP contribution < -0.4 is 0 Å². The zero-order valence-corrected chi connectivity index (χ0v) is 24.4. The molecule has 3 nitrogen and oxygen atoms in total. The number of carbonyl (C=O) groups is 2. The molecule has 0 radical (unpaired) electrons. The first kappa shape index (κ1) is 34.1. The van der Waals surface area contributed by atoms with Gasteiger partial charge in [-0.2, -0.15) is 0 Å². The van der Waals surface area contributed by atoms with Gasteiger partial charge in [0.05, 0.1) is 0 Å². The van der Waals surface area contributed by atoms with Crippen LogP contribution >= 0.6 is 0 Å². The second-order valence-corrected chi connectivity index (χ2v) is 11.0. The van der Waals surface area contributed by atoms with Gasteiger partial charge in [-0.15, -0.1) is 0 Å². The average Bonchev–Trinajstić information content (AvgIpc) is 2.85. The van der Waals surface area contributed by atoms with Gasteiger partial charge in [-0.25, -0.2) is 0 Å². The van der Waals surface area contributed by atoms with Crippen molar-refractivity contribution in [2.24, 2.45) is 5.92 Å². The van der Waals surface area contributed by atoms with Crippen molar-refractivity contribution < 1.29 is 14.3 Å². The van der Waals surface area contributed by atoms with Crippen LogP contribution in [0.15, 0.2) is 0 Å². The Morgan fingerprint density at radius 3 is 1.40 bits per heavy atom. The molecule has 2 unspecified atom stereocenters. The number of hydrogen-bond donors (Lipinski definition) is 0. The molecule has 0 aromatic rings. The summed E-state index contributed by atoms with van der Waals surface area (Å²) in [6.45, 7) is 8.56. The molecule has 0 aromatic heterocycles. The minimum absolute atomic E-state index is 0.0611. The Bertz CT molecular complexity index is 473. The van der Waals surface area contributed by atoms with Crippen LogP contribution in [0.25, 0.3) is 0 Å². The first-order valence-corrected chi connectivity index (χ1v) is 15.8. The summed E-state index contributed by atoms with van der Waals surface area (Å²) in [4.78, 5) is 25.0. The van der Waals surface area contributed by atoms with Crippen LogP contribution in [0, 0.1) is 5.92 Å². The second kappa shape index (κ2) is 26.2. The van der Waals surface area contributed by atoms with Crippen molar-refractivity contribution in [1.82, 2.24) is 0 Å². The molecule has 0 aliphatic heterocycles. The number of carbonyl (C=O) groups excluding carboxylic acids is 2. The van der Waals surface area contributed by atoms with Crippen LogP contribution in [0.4, 0.5) is 0 Å². The fourth-order valence-electron chi connectivity index (χ4n) is 4.72. The number of esters is 1. The van der Waals surface area contributed by atoms with Gasteiger partial charge in [-0.1, -0.05) is 143 Å². The van der Waals surface area contributed by atoms with Crippen molar-refractivity contribution in [3.8, 4) is 0 Å². The standard InChI is InChI=1S/C32H62O3/c1-5-8-10-12-14-16-17-19-21-23-25-27-32(34)35-30(28-31(33)29(4)7-3)26-24-22-20-18-15-13-11-9-6-2/h29-30H,5-28H2,1-4H3. The Kier molecular flexibility index (Phi) is 25.6. The smallest absolute Gasteiger partial charge is 0.306 e. The molecule has 0 aromatic carbocycles. The molecule has 0 spiro atoms. The monoisotopic (exact) mass is 494 g/mol. The Morgan fingerprint density at radius 2 is 0.971 bits per heavy atom. The molecule has 0 fully saturated rings. The summed E-state index contributed by atoms with van der Waals surface area (Å²) in [6, 6.07) is 0. The topological polar surface area (TPSA) is 43.4 Å². The maximum Gasteiger partial charge on any atom is 0.306 e. The molecule has 0 aliphatic carbocycles. The Labute approximate surface area is 219 Å². The highest BCUT2D eigenvalue weighted by Crippen LogP contribution is 2.18. The zero-order chi connectivity index (χ0) is 26.0. The van der Waals surface area contributed by atoms with Gasteiger partial charge in [0, 0.05) is 18.8 Å². The number of Topliss-reactive ketones (excluding diaryl/α,β-unsaturated/α-hetero) is 1. The fourth-order valence-corrected chi connectivity index (χ4v) is 4.72. The summed E-state index contributed by atoms with van der Waals surface area (Å²) >= 11 is 0. The Balaban J connectivity index is 4.04. The van der Waals surface area contributed by atoms with Gasteiger partial charge < -0.3 is 4.74 Å². The normalized spacial score (nSPS) is 13.0. The van der Waals surface area contributed by atoms with Crippen LogP contribution in [0.3, 0.4) is 0 Å². The first-order valence-electron chi connectivity index (χ1n) is 15.8. The molecule has 35 heavy (non-hydrogen) atoms. The summed E-state index contributed by atoms with van der Waals surface area (Å²) in [6.07, 6.45) is 28.0. The van der Waals surface area contributed by atoms with E-state index >= 15 is 0 Å². The molecule has 208 valence electrons. The largest absolute Gasteiger partial charge is 0.462 e. The van der Waals surface area contributed by atoms with Crippen LogP contribution in [-0.2, 0) is 14.3 Å². The summed E-state index contributed by atoms with van der Waals surface area (Å²) in [5.74, 6) is 0.209. The summed E-state index contributed by atoms with van der Waals surface area (Å²) in [5.41, 5.74) is 0. The molecule has 0 aliphatic rings. The lowest BCUT2D eigenvalue weighted by atomic mass is 9.96. The highest BCUT2D eigenvalue weighted by molar-refractivity contribution is 5.81. The van der Waals surface area contributed by atoms with E-state index in [0.29, 0.717) is 12.8 Å². The molecule has 0 rings (SSSR count). The number of rotatable bonds is 27. The predicted octanol–water partition coefficient (Wildman–Crippen LogP) is 10.5. The average molecular weight is 495 g/mol. The van der Waals surface area contributed by atoms with Crippen LogP contribution in [0.1, 0.15) is 182 Å². The van der Waals surface area contributed by atoms with Crippen molar-refractivity contribution in [3.05, 3.63) is 0 Å². The minimum atomic E-state index is -0.221. The molecule has 2 atom stereocenters. The van der Waals surface area contributed by atoms with Crippen molar-refractivity contribution in [2.75, 3.05) is 0 Å². The van der Waals surface area contributed by atoms with Crippen molar-refractivity contribution in [3.63, 3.8) is 0 Å². The van der Waals surface area contributed by atoms with Crippen molar-refractivity contribution in [2.45, 2.75) is 188 Å². The molecular formula is C32H62O3. The van der Waals surface area contributed by atoms with E-state index in [0.717, 1.165) is 32.1 Å². The minimum Gasteiger partial charge on any atom is -0.462 e. The number of unbranched alkanes of at least 4 members (excludes halogenated alkanes) is 18. The third kappa shape index (κ3) is 23.3. The van der Waals surface area contributed by atoms with Crippen molar-refractivity contribution >= 4 is 11.8 Å². The van der Waals surface area contributed by atoms with Gasteiger partial charge in [0.15, 0.2) is 0 Å². The van der Waals surface area contributed by atoms with E-state index in [1.807, 2.05) is 6.92 Å². The van der Waals surface area contributed by atoms with Crippen LogP contribution in [0.5, 0.6) is 0 Å². The molecule has 0 saturated carbocycles. The Morgan fingerprint density at radius 1 is 0.571 bits per heavy atom. The van der Waals surface area contributed by atoms with E-state index in [9.17, 15) is 9.59 Å². The van der Waals surface area contributed by atoms with Gasteiger partial charge in [0.25, 0.3) is 0 Å². The molecule has 0 amide bonds. The van der Waals surface area contributed by atoms with Gasteiger partial charge in [0.1, 0.15) is 11.9 Å². The molecule has 3 heteroatoms. The summed E-state index contributed by atoms with van der Waals surface area (Å²) in [7, 11) is 0. The third-order valence-corrected chi connectivity index (χ3v) is 7.50. The number of ether oxygens (including phenoxy) is 1. The summed E-state index contributed by atoms with van der Waals surface area (Å²) in [5, 5.41) is 0. The van der Waals surface area contributed by atoms with E-state index in [4.69, 9.17) is 4.74 Å². The SMILES string of the molecule is CCCCCCCCCCCCCC(=O)OC(CCCCCCCCCCC)CC(=O)C(C)CC. The predicted molar refractivity (Wildman–Crippen MR) is 152 cm³/mol. The van der Waals surface area contributed by atoms with Gasteiger partial charge >= 0.3 is 5.97 Å². The van der Waals surface area contributed by atoms with E-state index in [1.54, 1.807) is 0 Å². The van der Waals surface area contributed by atoms with Crippen LogP contribution in [-0.4, -0.2) is 17.9 Å². The van der Waals surface area contributed by atoms with E-state index < -0.39 is 0 Å². The maximum atomic E-state index is 12.5. The maximum absolute atomic E-state index is 12.5. The number of ketones is 1. The van der Waals surface area contributed by atoms with Crippen molar-refractivity contribution in [1.29, 1.82) is 0 Å². The van der Waals surface area contributed by atoms with Crippen LogP contribution in [0.2, 0.25) is 0 Å². The van der Waals surface area contributed by atoms with Gasteiger partial charge in [0.2, 0.25) is 0 Å². The van der Waals surface area contributed by atoms with E-state index in [1.165, 1.54) is 109 Å². The lowest BCUT2D eigenvalue weighted by molar-refractivity contribution is -0.151. The lowest BCUT2D eigenvalue weighted by Crippen LogP contribution is -2.24. The zero-order valence-electron chi connectivity index (χ0n) is 24.4. The first-order chi connectivity index (χ1) is 17.0. The fraction of sp³-hybridized carbons (Fsp3) is 0.938. The highest BCUT2D eigenvalue weighted by Gasteiger charge is 2.21. The molecule has 0 bridgehead atoms. The third-order valence-electron chi connectivity index (χ3n) is 7.50. The quantitative estimate of drug-likeness (QED) is 0.0842. The number of hydrogen-bond acceptors (Lipinski definition) is 3. The lowest BCUT2D eigenvalue weighted by Gasteiger charge is -2.19.